The molecule has 0 saturated carbocycles. The summed E-state index contributed by atoms with van der Waals surface area (Å²) in [6.07, 6.45) is 4.20. The molecule has 1 fully saturated rings. The average molecular weight is 248 g/mol. The third-order valence-electron chi connectivity index (χ3n) is 6.64. The molecule has 0 nitrogen and oxygen atoms in total. The Morgan fingerprint density at radius 1 is 0.889 bits per heavy atom. The SMILES string of the molecule is CC(C)(C)C(C)(C)CBB1CC(C)(C)C(C)(C)C1. The number of rotatable bonds is 3. The summed E-state index contributed by atoms with van der Waals surface area (Å²) in [5.74, 6) is 0. The largest absolute Gasteiger partial charge is 0.106 e. The van der Waals surface area contributed by atoms with Gasteiger partial charge in [-0.1, -0.05) is 81.3 Å². The zero-order chi connectivity index (χ0) is 14.4. The van der Waals surface area contributed by atoms with Crippen LogP contribution in [0.4, 0.5) is 0 Å². The summed E-state index contributed by atoms with van der Waals surface area (Å²) in [6.45, 7) is 22.8. The summed E-state index contributed by atoms with van der Waals surface area (Å²) in [6, 6.07) is 0. The molecule has 1 rings (SSSR count). The van der Waals surface area contributed by atoms with E-state index in [0.29, 0.717) is 21.7 Å². The molecule has 0 bridgehead atoms. The highest BCUT2D eigenvalue weighted by Gasteiger charge is 2.47. The van der Waals surface area contributed by atoms with Crippen LogP contribution in [0.3, 0.4) is 0 Å². The third-order valence-corrected chi connectivity index (χ3v) is 6.64. The van der Waals surface area contributed by atoms with Gasteiger partial charge in [0.15, 0.2) is 0 Å². The first-order valence-electron chi connectivity index (χ1n) is 7.79. The normalized spacial score (nSPS) is 23.3. The van der Waals surface area contributed by atoms with Crippen LogP contribution < -0.4 is 0 Å². The van der Waals surface area contributed by atoms with E-state index in [1.165, 1.54) is 26.1 Å². The Bertz CT molecular complexity index is 279. The van der Waals surface area contributed by atoms with Crippen LogP contribution in [0.5, 0.6) is 0 Å². The summed E-state index contributed by atoms with van der Waals surface area (Å²) in [5, 5.41) is 0. The van der Waals surface area contributed by atoms with Crippen LogP contribution in [0.15, 0.2) is 0 Å². The first-order valence-corrected chi connectivity index (χ1v) is 7.79. The Labute approximate surface area is 117 Å². The van der Waals surface area contributed by atoms with Gasteiger partial charge in [-0.25, -0.2) is 0 Å². The van der Waals surface area contributed by atoms with Crippen LogP contribution in [0.2, 0.25) is 19.0 Å². The molecule has 0 radical (unpaired) electrons. The maximum Gasteiger partial charge on any atom is 0.106 e. The van der Waals surface area contributed by atoms with Gasteiger partial charge in [0.2, 0.25) is 0 Å². The second kappa shape index (κ2) is 4.60. The Morgan fingerprint density at radius 3 is 1.61 bits per heavy atom. The van der Waals surface area contributed by atoms with E-state index in [1.807, 2.05) is 0 Å². The van der Waals surface area contributed by atoms with Gasteiger partial charge in [0.25, 0.3) is 0 Å². The first kappa shape index (κ1) is 16.2. The second-order valence-corrected chi connectivity index (χ2v) is 9.71. The number of hydrogen-bond acceptors (Lipinski definition) is 0. The van der Waals surface area contributed by atoms with Crippen LogP contribution >= 0.6 is 0 Å². The molecule has 0 aromatic rings. The summed E-state index contributed by atoms with van der Waals surface area (Å²) >= 11 is 0. The molecule has 0 aliphatic carbocycles. The first-order chi connectivity index (χ1) is 7.79. The molecule has 1 heterocycles. The van der Waals surface area contributed by atoms with Crippen molar-refractivity contribution in [1.29, 1.82) is 0 Å². The molecule has 2 heteroatoms. The molecule has 0 unspecified atom stereocenters. The lowest BCUT2D eigenvalue weighted by molar-refractivity contribution is 0.157. The topological polar surface area (TPSA) is 0 Å². The van der Waals surface area contributed by atoms with E-state index in [2.05, 4.69) is 62.3 Å². The fourth-order valence-corrected chi connectivity index (χ4v) is 3.21. The zero-order valence-corrected chi connectivity index (χ0v) is 14.4. The molecule has 0 aromatic carbocycles. The highest BCUT2D eigenvalue weighted by Crippen LogP contribution is 2.53. The smallest absolute Gasteiger partial charge is 0.0787 e. The van der Waals surface area contributed by atoms with Crippen molar-refractivity contribution in [2.24, 2.45) is 21.7 Å². The Hall–Kier alpha value is 0.130. The minimum atomic E-state index is 0.413. The van der Waals surface area contributed by atoms with Crippen molar-refractivity contribution in [2.45, 2.75) is 81.3 Å². The Kier molecular flexibility index (Phi) is 4.14. The summed E-state index contributed by atoms with van der Waals surface area (Å²) in [4.78, 5) is 0. The average Bonchev–Trinajstić information content (AvgIpc) is 2.30. The molecule has 1 aliphatic heterocycles. The fourth-order valence-electron chi connectivity index (χ4n) is 3.21. The standard InChI is InChI=1S/C16H34B2/c1-13(2,3)14(4,5)10-17-18-11-15(6,7)16(8,9)12-18/h17H,10-12H2,1-9H3. The van der Waals surface area contributed by atoms with Gasteiger partial charge in [-0.2, -0.15) is 0 Å². The molecular formula is C16H34B2. The third kappa shape index (κ3) is 3.17. The van der Waals surface area contributed by atoms with Gasteiger partial charge in [0.05, 0.1) is 7.17 Å². The molecule has 0 amide bonds. The van der Waals surface area contributed by atoms with Crippen molar-refractivity contribution in [1.82, 2.24) is 0 Å². The predicted octanol–water partition coefficient (Wildman–Crippen LogP) is 4.97. The quantitative estimate of drug-likeness (QED) is 0.618. The molecule has 104 valence electrons. The summed E-state index contributed by atoms with van der Waals surface area (Å²) in [5.41, 5.74) is 1.90. The Balaban J connectivity index is 2.58. The van der Waals surface area contributed by atoms with Gasteiger partial charge in [-0.05, 0) is 21.7 Å². The van der Waals surface area contributed by atoms with E-state index in [-0.39, 0.29) is 0 Å². The van der Waals surface area contributed by atoms with Gasteiger partial charge in [-0.3, -0.25) is 0 Å². The molecule has 1 saturated heterocycles. The Morgan fingerprint density at radius 2 is 1.28 bits per heavy atom. The number of hydrogen-bond donors (Lipinski definition) is 0. The van der Waals surface area contributed by atoms with Crippen molar-refractivity contribution in [3.8, 4) is 0 Å². The van der Waals surface area contributed by atoms with E-state index >= 15 is 0 Å². The zero-order valence-electron chi connectivity index (χ0n) is 14.4. The van der Waals surface area contributed by atoms with Crippen LogP contribution in [0.25, 0.3) is 0 Å². The highest BCUT2D eigenvalue weighted by atomic mass is 14.4. The van der Waals surface area contributed by atoms with Gasteiger partial charge in [0, 0.05) is 0 Å². The lowest BCUT2D eigenvalue weighted by Crippen LogP contribution is -2.34. The van der Waals surface area contributed by atoms with Gasteiger partial charge in [0.1, 0.15) is 6.60 Å². The van der Waals surface area contributed by atoms with Gasteiger partial charge in [-0.15, -0.1) is 0 Å². The minimum Gasteiger partial charge on any atom is -0.0787 e. The van der Waals surface area contributed by atoms with E-state index < -0.39 is 0 Å². The highest BCUT2D eigenvalue weighted by molar-refractivity contribution is 7.13. The van der Waals surface area contributed by atoms with Gasteiger partial charge < -0.3 is 0 Å². The van der Waals surface area contributed by atoms with Crippen molar-refractivity contribution in [3.05, 3.63) is 0 Å². The molecule has 0 N–H and O–H groups in total. The second-order valence-electron chi connectivity index (χ2n) is 9.71. The summed E-state index contributed by atoms with van der Waals surface area (Å²) in [7, 11) is 1.41. The van der Waals surface area contributed by atoms with E-state index in [9.17, 15) is 0 Å². The van der Waals surface area contributed by atoms with Gasteiger partial charge >= 0.3 is 0 Å². The molecule has 18 heavy (non-hydrogen) atoms. The summed E-state index contributed by atoms with van der Waals surface area (Å²) < 4.78 is 0. The fraction of sp³-hybridized carbons (Fsp3) is 1.00. The van der Waals surface area contributed by atoms with E-state index in [0.717, 1.165) is 6.60 Å². The monoisotopic (exact) mass is 248 g/mol. The van der Waals surface area contributed by atoms with Crippen molar-refractivity contribution >= 4 is 13.8 Å². The predicted molar refractivity (Wildman–Crippen MR) is 88.1 cm³/mol. The van der Waals surface area contributed by atoms with Crippen LogP contribution in [-0.2, 0) is 0 Å². The molecule has 0 atom stereocenters. The van der Waals surface area contributed by atoms with Crippen molar-refractivity contribution in [2.75, 3.05) is 0 Å². The molecule has 0 aromatic heterocycles. The van der Waals surface area contributed by atoms with E-state index in [1.54, 1.807) is 0 Å². The van der Waals surface area contributed by atoms with Crippen molar-refractivity contribution < 1.29 is 0 Å². The lowest BCUT2D eigenvalue weighted by Gasteiger charge is -2.39. The molecule has 1 aliphatic rings. The lowest BCUT2D eigenvalue weighted by atomic mass is 9.17. The molecule has 0 spiro atoms. The van der Waals surface area contributed by atoms with E-state index in [4.69, 9.17) is 0 Å². The van der Waals surface area contributed by atoms with Crippen LogP contribution in [-0.4, -0.2) is 13.8 Å². The maximum atomic E-state index is 2.46. The minimum absolute atomic E-state index is 0.413. The van der Waals surface area contributed by atoms with Crippen molar-refractivity contribution in [3.63, 3.8) is 0 Å². The van der Waals surface area contributed by atoms with Crippen LogP contribution in [0.1, 0.15) is 62.3 Å². The molecular weight excluding hydrogens is 214 g/mol. The van der Waals surface area contributed by atoms with Crippen LogP contribution in [0, 0.1) is 21.7 Å². The maximum absolute atomic E-state index is 2.46.